The molecule has 0 unspecified atom stereocenters. The van der Waals surface area contributed by atoms with E-state index in [1.54, 1.807) is 23.4 Å². The second-order valence-corrected chi connectivity index (χ2v) is 13.8. The molecule has 0 aromatic carbocycles. The van der Waals surface area contributed by atoms with Gasteiger partial charge in [0.15, 0.2) is 9.84 Å². The van der Waals surface area contributed by atoms with Crippen molar-refractivity contribution in [2.75, 3.05) is 47.0 Å². The van der Waals surface area contributed by atoms with Crippen LogP contribution in [0, 0.1) is 0 Å². The van der Waals surface area contributed by atoms with E-state index < -0.39 is 26.4 Å². The first-order valence-electron chi connectivity index (χ1n) is 13.0. The molecule has 6 heterocycles. The molecule has 12 heteroatoms. The lowest BCUT2D eigenvalue weighted by Crippen LogP contribution is -2.72. The summed E-state index contributed by atoms with van der Waals surface area (Å²) in [6.07, 6.45) is 4.87. The third kappa shape index (κ3) is 4.05. The van der Waals surface area contributed by atoms with Gasteiger partial charge in [0, 0.05) is 43.6 Å². The SMILES string of the molecule is CC(C)c1cnc(N2CC3(CCS3(=O)=O)C2)c2cnc(Nc3ccnc(N4CC[C@@](C)(O)[C@@H](F)C4)n3)cc12. The van der Waals surface area contributed by atoms with E-state index in [-0.39, 0.29) is 18.2 Å². The van der Waals surface area contributed by atoms with E-state index in [1.165, 1.54) is 6.92 Å². The van der Waals surface area contributed by atoms with Crippen LogP contribution in [0.3, 0.4) is 0 Å². The molecule has 3 aromatic rings. The molecule has 2 atom stereocenters. The van der Waals surface area contributed by atoms with Crippen molar-refractivity contribution in [2.24, 2.45) is 0 Å². The highest BCUT2D eigenvalue weighted by Gasteiger charge is 2.60. The minimum Gasteiger partial charge on any atom is -0.387 e. The summed E-state index contributed by atoms with van der Waals surface area (Å²) in [5, 5.41) is 15.3. The molecule has 3 aliphatic rings. The van der Waals surface area contributed by atoms with Crippen molar-refractivity contribution in [2.45, 2.75) is 56.1 Å². The number of rotatable bonds is 5. The Hall–Kier alpha value is -3.12. The smallest absolute Gasteiger partial charge is 0.227 e. The average Bonchev–Trinajstić information content (AvgIpc) is 2.84. The minimum absolute atomic E-state index is 0.0251. The summed E-state index contributed by atoms with van der Waals surface area (Å²) < 4.78 is 38.4. The fourth-order valence-corrected chi connectivity index (χ4v) is 7.34. The molecule has 2 N–H and O–H groups in total. The minimum atomic E-state index is -3.01. The van der Waals surface area contributed by atoms with E-state index in [1.807, 2.05) is 17.2 Å². The van der Waals surface area contributed by atoms with Crippen LogP contribution in [0.1, 0.15) is 45.1 Å². The zero-order valence-corrected chi connectivity index (χ0v) is 22.5. The molecule has 3 aromatic heterocycles. The molecule has 38 heavy (non-hydrogen) atoms. The highest BCUT2D eigenvalue weighted by molar-refractivity contribution is 7.94. The highest BCUT2D eigenvalue weighted by Crippen LogP contribution is 2.45. The molecule has 0 saturated carbocycles. The zero-order valence-electron chi connectivity index (χ0n) is 21.7. The van der Waals surface area contributed by atoms with Gasteiger partial charge in [0.25, 0.3) is 0 Å². The predicted molar refractivity (Wildman–Crippen MR) is 145 cm³/mol. The third-order valence-corrected chi connectivity index (χ3v) is 10.8. The first-order chi connectivity index (χ1) is 18.0. The molecule has 0 bridgehead atoms. The van der Waals surface area contributed by atoms with Gasteiger partial charge >= 0.3 is 0 Å². The van der Waals surface area contributed by atoms with Gasteiger partial charge in [0.2, 0.25) is 5.95 Å². The first-order valence-corrected chi connectivity index (χ1v) is 14.6. The molecular weight excluding hydrogens is 509 g/mol. The van der Waals surface area contributed by atoms with E-state index in [4.69, 9.17) is 4.98 Å². The number of anilines is 4. The number of halogens is 1. The van der Waals surface area contributed by atoms with Gasteiger partial charge in [-0.1, -0.05) is 13.8 Å². The normalized spacial score (nSPS) is 25.9. The fraction of sp³-hybridized carbons (Fsp3) is 0.538. The molecule has 6 rings (SSSR count). The predicted octanol–water partition coefficient (Wildman–Crippen LogP) is 2.96. The van der Waals surface area contributed by atoms with Crippen molar-refractivity contribution in [3.8, 4) is 0 Å². The number of aromatic nitrogens is 4. The Morgan fingerprint density at radius 1 is 1.11 bits per heavy atom. The number of alkyl halides is 1. The molecule has 0 radical (unpaired) electrons. The Balaban J connectivity index is 1.27. The van der Waals surface area contributed by atoms with Crippen LogP contribution < -0.4 is 15.1 Å². The Bertz CT molecular complexity index is 1510. The lowest BCUT2D eigenvalue weighted by atomic mass is 9.92. The Kier molecular flexibility index (Phi) is 5.76. The van der Waals surface area contributed by atoms with E-state index >= 15 is 0 Å². The maximum atomic E-state index is 14.4. The van der Waals surface area contributed by atoms with Crippen LogP contribution in [-0.4, -0.2) is 81.9 Å². The molecule has 0 amide bonds. The Morgan fingerprint density at radius 3 is 2.55 bits per heavy atom. The molecule has 1 spiro atoms. The summed E-state index contributed by atoms with van der Waals surface area (Å²) in [5.74, 6) is 2.75. The van der Waals surface area contributed by atoms with Gasteiger partial charge in [-0.3, -0.25) is 0 Å². The van der Waals surface area contributed by atoms with E-state index in [0.29, 0.717) is 50.1 Å². The van der Waals surface area contributed by atoms with E-state index in [0.717, 1.165) is 22.2 Å². The Morgan fingerprint density at radius 2 is 1.89 bits per heavy atom. The molecule has 0 aliphatic carbocycles. The summed E-state index contributed by atoms with van der Waals surface area (Å²) in [6.45, 7) is 7.14. The van der Waals surface area contributed by atoms with Gasteiger partial charge in [-0.2, -0.15) is 4.98 Å². The van der Waals surface area contributed by atoms with Gasteiger partial charge in [-0.25, -0.2) is 27.8 Å². The van der Waals surface area contributed by atoms with Crippen molar-refractivity contribution in [1.82, 2.24) is 19.9 Å². The monoisotopic (exact) mass is 541 g/mol. The van der Waals surface area contributed by atoms with Gasteiger partial charge in [-0.15, -0.1) is 0 Å². The van der Waals surface area contributed by atoms with Gasteiger partial charge in [0.05, 0.1) is 17.9 Å². The molecule has 3 aliphatic heterocycles. The van der Waals surface area contributed by atoms with Crippen LogP contribution in [0.15, 0.2) is 30.7 Å². The summed E-state index contributed by atoms with van der Waals surface area (Å²) >= 11 is 0. The molecule has 10 nitrogen and oxygen atoms in total. The summed E-state index contributed by atoms with van der Waals surface area (Å²) in [7, 11) is -3.01. The number of sulfone groups is 1. The first kappa shape index (κ1) is 25.2. The molecular formula is C26H32FN7O3S. The van der Waals surface area contributed by atoms with Crippen LogP contribution in [-0.2, 0) is 9.84 Å². The number of hydrogen-bond acceptors (Lipinski definition) is 10. The van der Waals surface area contributed by atoms with Crippen LogP contribution in [0.5, 0.6) is 0 Å². The fourth-order valence-electron chi connectivity index (χ4n) is 5.52. The van der Waals surface area contributed by atoms with Crippen LogP contribution in [0.4, 0.5) is 27.8 Å². The second kappa shape index (κ2) is 8.70. The van der Waals surface area contributed by atoms with E-state index in [9.17, 15) is 17.9 Å². The van der Waals surface area contributed by atoms with E-state index in [2.05, 4.69) is 34.1 Å². The summed E-state index contributed by atoms with van der Waals surface area (Å²) in [5.41, 5.74) is -0.273. The number of fused-ring (bicyclic) bond motifs is 1. The lowest BCUT2D eigenvalue weighted by molar-refractivity contribution is -0.0332. The van der Waals surface area contributed by atoms with Crippen LogP contribution in [0.2, 0.25) is 0 Å². The number of nitrogens with one attached hydrogen (secondary N) is 1. The number of piperidine rings is 1. The van der Waals surface area contributed by atoms with Crippen molar-refractivity contribution >= 4 is 44.0 Å². The zero-order chi connectivity index (χ0) is 26.9. The summed E-state index contributed by atoms with van der Waals surface area (Å²) in [4.78, 5) is 22.0. The number of nitrogens with zero attached hydrogens (tertiary/aromatic N) is 6. The molecule has 202 valence electrons. The maximum absolute atomic E-state index is 14.4. The van der Waals surface area contributed by atoms with Crippen LogP contribution in [0.25, 0.3) is 10.8 Å². The van der Waals surface area contributed by atoms with Crippen molar-refractivity contribution in [3.05, 3.63) is 36.3 Å². The van der Waals surface area contributed by atoms with Crippen molar-refractivity contribution in [1.29, 1.82) is 0 Å². The standard InChI is InChI=1S/C26H32FN7O3S/c1-16(2)18-11-30-23(34-14-26(15-34)6-9-38(26,36)37)19-12-29-22(10-17(18)19)31-21-4-7-28-24(32-21)33-8-5-25(3,35)20(27)13-33/h4,7,10-12,16,20,35H,5-6,8-9,13-15H2,1-3H3,(H,28,29,31,32)/t20-,25+/m0/s1. The Labute approximate surface area is 221 Å². The topological polar surface area (TPSA) is 124 Å². The summed E-state index contributed by atoms with van der Waals surface area (Å²) in [6, 6.07) is 3.69. The van der Waals surface area contributed by atoms with Crippen molar-refractivity contribution < 1.29 is 17.9 Å². The third-order valence-electron chi connectivity index (χ3n) is 8.27. The number of hydrogen-bond donors (Lipinski definition) is 2. The van der Waals surface area contributed by atoms with Crippen LogP contribution >= 0.6 is 0 Å². The van der Waals surface area contributed by atoms with Gasteiger partial charge in [-0.05, 0) is 48.8 Å². The quantitative estimate of drug-likeness (QED) is 0.498. The van der Waals surface area contributed by atoms with Gasteiger partial charge in [0.1, 0.15) is 28.4 Å². The van der Waals surface area contributed by atoms with Gasteiger partial charge < -0.3 is 20.2 Å². The lowest BCUT2D eigenvalue weighted by Gasteiger charge is -2.55. The number of aliphatic hydroxyl groups is 1. The number of pyridine rings is 2. The molecule has 3 saturated heterocycles. The van der Waals surface area contributed by atoms with Crippen molar-refractivity contribution in [3.63, 3.8) is 0 Å². The largest absolute Gasteiger partial charge is 0.387 e. The maximum Gasteiger partial charge on any atom is 0.227 e. The molecule has 3 fully saturated rings. The highest BCUT2D eigenvalue weighted by atomic mass is 32.2. The second-order valence-electron chi connectivity index (χ2n) is 11.3. The average molecular weight is 542 g/mol.